The van der Waals surface area contributed by atoms with Crippen LogP contribution in [0.2, 0.25) is 0 Å². The lowest BCUT2D eigenvalue weighted by atomic mass is 10.3. The van der Waals surface area contributed by atoms with E-state index in [0.29, 0.717) is 18.2 Å². The van der Waals surface area contributed by atoms with E-state index >= 15 is 0 Å². The molecule has 0 N–H and O–H groups in total. The van der Waals surface area contributed by atoms with Gasteiger partial charge < -0.3 is 9.47 Å². The fraction of sp³-hybridized carbons (Fsp3) is 0.391. The summed E-state index contributed by atoms with van der Waals surface area (Å²) in [7, 11) is 0. The SMILES string of the molecule is C/C=C\CC.C=C/C(=C\C)n1sc(=O)n(CC(=C)C)c1=O.C=CC1=COCO1.CC. The Morgan fingerprint density at radius 1 is 1.27 bits per heavy atom. The van der Waals surface area contributed by atoms with E-state index in [1.54, 1.807) is 32.1 Å². The minimum absolute atomic E-state index is 0.259. The number of allylic oxidation sites excluding steroid dienone is 7. The van der Waals surface area contributed by atoms with Gasteiger partial charge in [-0.15, -0.1) is 0 Å². The Bertz CT molecular complexity index is 851. The second-order valence-electron chi connectivity index (χ2n) is 5.53. The number of hydrogen-bond acceptors (Lipinski definition) is 5. The zero-order valence-corrected chi connectivity index (χ0v) is 20.0. The molecule has 0 unspecified atom stereocenters. The zero-order chi connectivity index (χ0) is 23.5. The first-order chi connectivity index (χ1) is 14.4. The highest BCUT2D eigenvalue weighted by Crippen LogP contribution is 2.05. The third kappa shape index (κ3) is 11.3. The van der Waals surface area contributed by atoms with Crippen molar-refractivity contribution >= 4 is 17.2 Å². The summed E-state index contributed by atoms with van der Waals surface area (Å²) in [6.45, 7) is 23.1. The van der Waals surface area contributed by atoms with Crippen LogP contribution in [0.1, 0.15) is 48.0 Å². The normalized spacial score (nSPS) is 11.9. The van der Waals surface area contributed by atoms with Crippen molar-refractivity contribution in [3.05, 3.63) is 87.9 Å². The van der Waals surface area contributed by atoms with Gasteiger partial charge in [0.25, 0.3) is 0 Å². The molecule has 1 aliphatic rings. The minimum atomic E-state index is -0.342. The molecule has 0 saturated carbocycles. The molecule has 0 aromatic carbocycles. The third-order valence-corrected chi connectivity index (χ3v) is 4.05. The highest BCUT2D eigenvalue weighted by atomic mass is 32.1. The van der Waals surface area contributed by atoms with Crippen molar-refractivity contribution in [2.24, 2.45) is 0 Å². The van der Waals surface area contributed by atoms with E-state index in [9.17, 15) is 9.59 Å². The molecule has 7 heteroatoms. The topological polar surface area (TPSA) is 62.5 Å². The van der Waals surface area contributed by atoms with Gasteiger partial charge in [0, 0.05) is 11.5 Å². The van der Waals surface area contributed by atoms with Crippen LogP contribution >= 0.6 is 11.5 Å². The van der Waals surface area contributed by atoms with E-state index < -0.39 is 0 Å². The Hall–Kier alpha value is -2.80. The number of nitrogens with zero attached hydrogens (tertiary/aromatic N) is 2. The van der Waals surface area contributed by atoms with Gasteiger partial charge in [-0.25, -0.2) is 13.3 Å². The summed E-state index contributed by atoms with van der Waals surface area (Å²) in [5.41, 5.74) is 1.04. The summed E-state index contributed by atoms with van der Waals surface area (Å²) in [6, 6.07) is 0. The third-order valence-electron chi connectivity index (χ3n) is 3.13. The second-order valence-corrected chi connectivity index (χ2v) is 6.42. The van der Waals surface area contributed by atoms with Gasteiger partial charge in [-0.2, -0.15) is 0 Å². The van der Waals surface area contributed by atoms with E-state index in [1.807, 2.05) is 20.8 Å². The first kappa shape index (κ1) is 29.4. The van der Waals surface area contributed by atoms with Crippen LogP contribution in [0.15, 0.2) is 77.3 Å². The van der Waals surface area contributed by atoms with Gasteiger partial charge in [-0.3, -0.25) is 4.79 Å². The maximum atomic E-state index is 11.9. The fourth-order valence-electron chi connectivity index (χ4n) is 1.83. The van der Waals surface area contributed by atoms with Crippen LogP contribution in [-0.4, -0.2) is 15.3 Å². The van der Waals surface area contributed by atoms with Crippen LogP contribution < -0.4 is 10.6 Å². The average molecular weight is 437 g/mol. The summed E-state index contributed by atoms with van der Waals surface area (Å²) in [5.74, 6) is 0.708. The molecule has 0 spiro atoms. The van der Waals surface area contributed by atoms with Crippen molar-refractivity contribution in [1.82, 2.24) is 8.52 Å². The van der Waals surface area contributed by atoms with Gasteiger partial charge in [-0.1, -0.05) is 64.3 Å². The van der Waals surface area contributed by atoms with Gasteiger partial charge in [0.1, 0.15) is 6.26 Å². The van der Waals surface area contributed by atoms with Crippen molar-refractivity contribution in [2.75, 3.05) is 6.79 Å². The molecule has 30 heavy (non-hydrogen) atoms. The van der Waals surface area contributed by atoms with Crippen LogP contribution in [0.5, 0.6) is 0 Å². The highest BCUT2D eigenvalue weighted by Gasteiger charge is 2.11. The molecule has 1 aliphatic heterocycles. The molecule has 0 amide bonds. The number of hydrogen-bond donors (Lipinski definition) is 0. The van der Waals surface area contributed by atoms with Crippen LogP contribution in [0.25, 0.3) is 5.70 Å². The van der Waals surface area contributed by atoms with Crippen LogP contribution in [-0.2, 0) is 16.0 Å². The first-order valence-electron chi connectivity index (χ1n) is 9.80. The lowest BCUT2D eigenvalue weighted by molar-refractivity contribution is 0.0845. The first-order valence-corrected chi connectivity index (χ1v) is 10.6. The molecule has 0 bridgehead atoms. The van der Waals surface area contributed by atoms with Gasteiger partial charge in [-0.05, 0) is 39.3 Å². The maximum absolute atomic E-state index is 11.9. The molecule has 1 aromatic heterocycles. The van der Waals surface area contributed by atoms with Crippen molar-refractivity contribution in [3.63, 3.8) is 0 Å². The van der Waals surface area contributed by atoms with E-state index in [4.69, 9.17) is 9.47 Å². The molecule has 1 aromatic rings. The predicted octanol–water partition coefficient (Wildman–Crippen LogP) is 5.71. The molecular formula is C23H36N2O4S. The molecule has 0 atom stereocenters. The summed E-state index contributed by atoms with van der Waals surface area (Å²) in [4.78, 5) is 23.2. The van der Waals surface area contributed by atoms with E-state index in [0.717, 1.165) is 23.5 Å². The smallest absolute Gasteiger partial charge is 0.346 e. The molecule has 2 heterocycles. The zero-order valence-electron chi connectivity index (χ0n) is 19.1. The van der Waals surface area contributed by atoms with Gasteiger partial charge in [0.05, 0.1) is 12.2 Å². The molecule has 0 fully saturated rings. The summed E-state index contributed by atoms with van der Waals surface area (Å²) >= 11 is 0.871. The Morgan fingerprint density at radius 3 is 2.20 bits per heavy atom. The van der Waals surface area contributed by atoms with Crippen LogP contribution in [0.4, 0.5) is 0 Å². The lowest BCUT2D eigenvalue weighted by Crippen LogP contribution is -2.28. The molecule has 6 nitrogen and oxygen atoms in total. The Kier molecular flexibility index (Phi) is 17.9. The van der Waals surface area contributed by atoms with Crippen molar-refractivity contribution in [1.29, 1.82) is 0 Å². The Labute approximate surface area is 184 Å². The van der Waals surface area contributed by atoms with Gasteiger partial charge in [0.2, 0.25) is 6.79 Å². The van der Waals surface area contributed by atoms with Crippen LogP contribution in [0, 0.1) is 0 Å². The molecule has 0 radical (unpaired) electrons. The standard InChI is InChI=1S/C11H14N2O2S.C5H6O2.C5H10.C2H6/c1-5-9(6-2)13-10(14)12(7-8(3)4)11(15)16-13;1-2-5-3-6-4-7-5;1-3-5-4-2;1-2/h5-6H,1,3,7H2,2,4H3;2-3H,1,4H2;3,5H,4H2,1-2H3;1-2H3/b9-6+;;5-3-;. The molecule has 168 valence electrons. The number of rotatable bonds is 6. The summed E-state index contributed by atoms with van der Waals surface area (Å²) < 4.78 is 12.0. The maximum Gasteiger partial charge on any atom is 0.346 e. The van der Waals surface area contributed by atoms with Gasteiger partial charge >= 0.3 is 10.6 Å². The van der Waals surface area contributed by atoms with E-state index in [1.165, 1.54) is 14.8 Å². The molecule has 0 saturated heterocycles. The van der Waals surface area contributed by atoms with E-state index in [-0.39, 0.29) is 17.1 Å². The van der Waals surface area contributed by atoms with Crippen LogP contribution in [0.3, 0.4) is 0 Å². The Balaban J connectivity index is 0. The fourth-order valence-corrected chi connectivity index (χ4v) is 2.69. The number of aromatic nitrogens is 2. The predicted molar refractivity (Wildman–Crippen MR) is 130 cm³/mol. The summed E-state index contributed by atoms with van der Waals surface area (Å²) in [5, 5.41) is 0. The molecular weight excluding hydrogens is 400 g/mol. The quantitative estimate of drug-likeness (QED) is 0.423. The monoisotopic (exact) mass is 436 g/mol. The lowest BCUT2D eigenvalue weighted by Gasteiger charge is -1.99. The molecule has 0 aliphatic carbocycles. The van der Waals surface area contributed by atoms with E-state index in [2.05, 4.69) is 38.8 Å². The van der Waals surface area contributed by atoms with Gasteiger partial charge in [0.15, 0.2) is 5.76 Å². The Morgan fingerprint density at radius 2 is 1.90 bits per heavy atom. The summed E-state index contributed by atoms with van der Waals surface area (Å²) in [6.07, 6.45) is 11.8. The van der Waals surface area contributed by atoms with Crippen molar-refractivity contribution in [3.8, 4) is 0 Å². The second kappa shape index (κ2) is 18.2. The van der Waals surface area contributed by atoms with Crippen molar-refractivity contribution < 1.29 is 9.47 Å². The highest BCUT2D eigenvalue weighted by molar-refractivity contribution is 7.04. The largest absolute Gasteiger partial charge is 0.461 e. The minimum Gasteiger partial charge on any atom is -0.461 e. The van der Waals surface area contributed by atoms with Crippen molar-refractivity contribution in [2.45, 2.75) is 54.5 Å². The molecule has 2 rings (SSSR count). The number of ether oxygens (including phenoxy) is 2. The average Bonchev–Trinajstić information content (AvgIpc) is 3.36.